The van der Waals surface area contributed by atoms with Crippen molar-refractivity contribution in [3.63, 3.8) is 0 Å². The van der Waals surface area contributed by atoms with Gasteiger partial charge in [0.25, 0.3) is 0 Å². The van der Waals surface area contributed by atoms with Crippen LogP contribution in [0.5, 0.6) is 0 Å². The van der Waals surface area contributed by atoms with Crippen LogP contribution in [0.2, 0.25) is 5.02 Å². The van der Waals surface area contributed by atoms with Crippen molar-refractivity contribution in [3.05, 3.63) is 89.3 Å². The third-order valence-electron chi connectivity index (χ3n) is 3.77. The van der Waals surface area contributed by atoms with E-state index in [0.29, 0.717) is 22.0 Å². The molecule has 1 heterocycles. The van der Waals surface area contributed by atoms with E-state index in [0.717, 1.165) is 0 Å². The van der Waals surface area contributed by atoms with Crippen LogP contribution in [0.1, 0.15) is 11.3 Å². The molecule has 2 aromatic carbocycles. The normalized spacial score (nSPS) is 11.6. The fraction of sp³-hybridized carbons (Fsp3) is 0.0500. The fourth-order valence-electron chi connectivity index (χ4n) is 2.33. The monoisotopic (exact) mass is 416 g/mol. The maximum absolute atomic E-state index is 12.3. The van der Waals surface area contributed by atoms with Crippen molar-refractivity contribution in [1.82, 2.24) is 4.72 Å². The minimum atomic E-state index is -3.66. The van der Waals surface area contributed by atoms with Crippen LogP contribution in [-0.2, 0) is 21.4 Å². The summed E-state index contributed by atoms with van der Waals surface area (Å²) in [5.41, 5.74) is 1.20. The second-order valence-electron chi connectivity index (χ2n) is 5.78. The van der Waals surface area contributed by atoms with Crippen LogP contribution < -0.4 is 10.0 Å². The van der Waals surface area contributed by atoms with E-state index in [9.17, 15) is 13.2 Å². The number of para-hydroxylation sites is 1. The van der Waals surface area contributed by atoms with E-state index >= 15 is 0 Å². The van der Waals surface area contributed by atoms with E-state index in [2.05, 4.69) is 10.0 Å². The number of furan rings is 1. The smallest absolute Gasteiger partial charge is 0.248 e. The van der Waals surface area contributed by atoms with Gasteiger partial charge in [0.2, 0.25) is 15.9 Å². The zero-order chi connectivity index (χ0) is 20.0. The van der Waals surface area contributed by atoms with Gasteiger partial charge in [0.15, 0.2) is 0 Å². The lowest BCUT2D eigenvalue weighted by molar-refractivity contribution is -0.111. The Labute approximate surface area is 167 Å². The van der Waals surface area contributed by atoms with Crippen LogP contribution in [0.3, 0.4) is 0 Å². The van der Waals surface area contributed by atoms with Gasteiger partial charge in [0, 0.05) is 6.08 Å². The standard InChI is InChI=1S/C20H17ClN2O4S/c21-18-5-1-2-6-19(18)23-20(24)12-9-15-7-10-17(11-8-15)28(25,26)22-14-16-4-3-13-27-16/h1-13,22H,14H2,(H,23,24)/b12-9-. The first-order valence-electron chi connectivity index (χ1n) is 8.30. The first kappa shape index (κ1) is 19.9. The molecule has 0 aliphatic rings. The molecule has 0 bridgehead atoms. The Kier molecular flexibility index (Phi) is 6.30. The summed E-state index contributed by atoms with van der Waals surface area (Å²) in [7, 11) is -3.66. The zero-order valence-corrected chi connectivity index (χ0v) is 16.2. The van der Waals surface area contributed by atoms with E-state index in [1.165, 1.54) is 24.5 Å². The summed E-state index contributed by atoms with van der Waals surface area (Å²) in [6.45, 7) is 0.0687. The lowest BCUT2D eigenvalue weighted by atomic mass is 10.2. The van der Waals surface area contributed by atoms with Crippen LogP contribution in [0, 0.1) is 0 Å². The van der Waals surface area contributed by atoms with Crippen molar-refractivity contribution in [2.75, 3.05) is 5.32 Å². The summed E-state index contributed by atoms with van der Waals surface area (Å²) in [5.74, 6) is 0.178. The van der Waals surface area contributed by atoms with Gasteiger partial charge in [-0.2, -0.15) is 0 Å². The van der Waals surface area contributed by atoms with Crippen molar-refractivity contribution < 1.29 is 17.6 Å². The number of sulfonamides is 1. The number of rotatable bonds is 7. The van der Waals surface area contributed by atoms with E-state index in [1.807, 2.05) is 0 Å². The van der Waals surface area contributed by atoms with Gasteiger partial charge in [-0.05, 0) is 48.0 Å². The second kappa shape index (κ2) is 8.88. The SMILES string of the molecule is O=C(/C=C\c1ccc(S(=O)(=O)NCc2ccco2)cc1)Nc1ccccc1Cl. The van der Waals surface area contributed by atoms with E-state index in [-0.39, 0.29) is 17.3 Å². The summed E-state index contributed by atoms with van der Waals surface area (Å²) in [6.07, 6.45) is 4.41. The van der Waals surface area contributed by atoms with Crippen LogP contribution in [0.25, 0.3) is 6.08 Å². The molecule has 1 amide bonds. The quantitative estimate of drug-likeness (QED) is 0.568. The average Bonchev–Trinajstić information content (AvgIpc) is 3.21. The summed E-state index contributed by atoms with van der Waals surface area (Å²) < 4.78 is 32.2. The maximum Gasteiger partial charge on any atom is 0.248 e. The molecule has 8 heteroatoms. The highest BCUT2D eigenvalue weighted by atomic mass is 35.5. The number of carbonyl (C=O) groups is 1. The molecule has 28 heavy (non-hydrogen) atoms. The third kappa shape index (κ3) is 5.32. The van der Waals surface area contributed by atoms with Gasteiger partial charge in [-0.15, -0.1) is 0 Å². The van der Waals surface area contributed by atoms with Crippen LogP contribution in [0.15, 0.2) is 82.3 Å². The van der Waals surface area contributed by atoms with E-state index < -0.39 is 10.0 Å². The van der Waals surface area contributed by atoms with E-state index in [1.54, 1.807) is 54.6 Å². The van der Waals surface area contributed by atoms with E-state index in [4.69, 9.17) is 16.0 Å². The predicted molar refractivity (Wildman–Crippen MR) is 108 cm³/mol. The number of nitrogens with one attached hydrogen (secondary N) is 2. The van der Waals surface area contributed by atoms with Gasteiger partial charge in [0.05, 0.1) is 28.4 Å². The highest BCUT2D eigenvalue weighted by Crippen LogP contribution is 2.20. The molecule has 0 unspecified atom stereocenters. The molecule has 3 rings (SSSR count). The molecule has 0 atom stereocenters. The van der Waals surface area contributed by atoms with Crippen molar-refractivity contribution in [3.8, 4) is 0 Å². The van der Waals surface area contributed by atoms with Gasteiger partial charge in [-0.3, -0.25) is 4.79 Å². The molecule has 0 saturated heterocycles. The number of benzene rings is 2. The third-order valence-corrected chi connectivity index (χ3v) is 5.51. The molecule has 2 N–H and O–H groups in total. The van der Waals surface area contributed by atoms with Crippen molar-refractivity contribution in [2.45, 2.75) is 11.4 Å². The molecular weight excluding hydrogens is 400 g/mol. The number of anilines is 1. The van der Waals surface area contributed by atoms with Gasteiger partial charge >= 0.3 is 0 Å². The largest absolute Gasteiger partial charge is 0.468 e. The number of carbonyl (C=O) groups excluding carboxylic acids is 1. The van der Waals surface area contributed by atoms with Crippen molar-refractivity contribution in [1.29, 1.82) is 0 Å². The average molecular weight is 417 g/mol. The fourth-order valence-corrected chi connectivity index (χ4v) is 3.51. The molecule has 0 radical (unpaired) electrons. The molecule has 0 spiro atoms. The molecule has 0 fully saturated rings. The second-order valence-corrected chi connectivity index (χ2v) is 7.95. The lowest BCUT2D eigenvalue weighted by Crippen LogP contribution is -2.22. The summed E-state index contributed by atoms with van der Waals surface area (Å²) in [6, 6.07) is 16.4. The van der Waals surface area contributed by atoms with Crippen LogP contribution >= 0.6 is 11.6 Å². The minimum Gasteiger partial charge on any atom is -0.468 e. The highest BCUT2D eigenvalue weighted by molar-refractivity contribution is 7.89. The molecule has 6 nitrogen and oxygen atoms in total. The lowest BCUT2D eigenvalue weighted by Gasteiger charge is -2.06. The van der Waals surface area contributed by atoms with Gasteiger partial charge in [-0.25, -0.2) is 13.1 Å². The Morgan fingerprint density at radius 2 is 1.79 bits per heavy atom. The molecule has 3 aromatic rings. The maximum atomic E-state index is 12.3. The van der Waals surface area contributed by atoms with Crippen molar-refractivity contribution in [2.24, 2.45) is 0 Å². The Morgan fingerprint density at radius 1 is 1.04 bits per heavy atom. The molecule has 144 valence electrons. The molecule has 0 aliphatic heterocycles. The Balaban J connectivity index is 1.61. The zero-order valence-electron chi connectivity index (χ0n) is 14.6. The molecule has 0 aliphatic carbocycles. The molecular formula is C20H17ClN2O4S. The van der Waals surface area contributed by atoms with Crippen LogP contribution in [-0.4, -0.2) is 14.3 Å². The summed E-state index contributed by atoms with van der Waals surface area (Å²) in [4.78, 5) is 12.1. The number of hydrogen-bond donors (Lipinski definition) is 2. The molecule has 1 aromatic heterocycles. The van der Waals surface area contributed by atoms with Gasteiger partial charge in [-0.1, -0.05) is 35.9 Å². The minimum absolute atomic E-state index is 0.0687. The Hall–Kier alpha value is -2.87. The summed E-state index contributed by atoms with van der Waals surface area (Å²) >= 11 is 6.00. The first-order valence-corrected chi connectivity index (χ1v) is 10.2. The Bertz CT molecular complexity index is 1080. The summed E-state index contributed by atoms with van der Waals surface area (Å²) in [5, 5.41) is 3.12. The molecule has 0 saturated carbocycles. The number of halogens is 1. The number of hydrogen-bond acceptors (Lipinski definition) is 4. The van der Waals surface area contributed by atoms with Crippen LogP contribution in [0.4, 0.5) is 5.69 Å². The van der Waals surface area contributed by atoms with Gasteiger partial charge in [0.1, 0.15) is 5.76 Å². The first-order chi connectivity index (χ1) is 13.4. The Morgan fingerprint density at radius 3 is 2.46 bits per heavy atom. The number of amides is 1. The predicted octanol–water partition coefficient (Wildman–Crippen LogP) is 4.06. The van der Waals surface area contributed by atoms with Crippen molar-refractivity contribution >= 4 is 39.3 Å². The van der Waals surface area contributed by atoms with Gasteiger partial charge < -0.3 is 9.73 Å². The topological polar surface area (TPSA) is 88.4 Å². The highest BCUT2D eigenvalue weighted by Gasteiger charge is 2.14.